The minimum atomic E-state index is -0.103. The molecule has 0 aromatic carbocycles. The Morgan fingerprint density at radius 3 is 2.50 bits per heavy atom. The molecule has 0 spiro atoms. The van der Waals surface area contributed by atoms with Crippen LogP contribution < -0.4 is 0 Å². The van der Waals surface area contributed by atoms with Crippen molar-refractivity contribution in [2.75, 3.05) is 0 Å². The van der Waals surface area contributed by atoms with E-state index in [1.54, 1.807) is 0 Å². The number of hydrogen-bond donors (Lipinski definition) is 1. The fraction of sp³-hybridized carbons (Fsp3) is 0.786. The molecule has 2 atom stereocenters. The molecule has 2 rings (SSSR count). The third kappa shape index (κ3) is 1.16. The maximum Gasteiger partial charge on any atom is 0.162 e. The number of rotatable bonds is 3. The number of aliphatic hydroxyl groups is 1. The summed E-state index contributed by atoms with van der Waals surface area (Å²) in [5.41, 5.74) is 0.680. The van der Waals surface area contributed by atoms with Gasteiger partial charge in [0.05, 0.1) is 0 Å². The molecule has 0 saturated heterocycles. The number of fused-ring (bicyclic) bond motifs is 2. The Labute approximate surface area is 97.7 Å². The van der Waals surface area contributed by atoms with Crippen molar-refractivity contribution in [1.82, 2.24) is 0 Å². The zero-order valence-corrected chi connectivity index (χ0v) is 10.8. The average molecular weight is 222 g/mol. The molecule has 2 aliphatic carbocycles. The first-order chi connectivity index (χ1) is 7.36. The molecule has 1 fully saturated rings. The van der Waals surface area contributed by atoms with Gasteiger partial charge in [-0.15, -0.1) is 0 Å². The minimum Gasteiger partial charge on any atom is -0.512 e. The van der Waals surface area contributed by atoms with Crippen LogP contribution >= 0.6 is 0 Å². The number of carbonyl (C=O) groups is 1. The zero-order chi connectivity index (χ0) is 12.1. The van der Waals surface area contributed by atoms with E-state index in [0.29, 0.717) is 12.2 Å². The van der Waals surface area contributed by atoms with Crippen LogP contribution in [0.25, 0.3) is 0 Å². The monoisotopic (exact) mass is 222 g/mol. The van der Waals surface area contributed by atoms with Crippen LogP contribution in [0.2, 0.25) is 0 Å². The van der Waals surface area contributed by atoms with Gasteiger partial charge >= 0.3 is 0 Å². The SMILES string of the molecule is CCCC(=O)C1=C(O)C2CCC1(C)C2(C)C. The van der Waals surface area contributed by atoms with Crippen LogP contribution in [0.1, 0.15) is 53.4 Å². The summed E-state index contributed by atoms with van der Waals surface area (Å²) in [4.78, 5) is 12.1. The van der Waals surface area contributed by atoms with Gasteiger partial charge in [-0.2, -0.15) is 0 Å². The number of hydrogen-bond acceptors (Lipinski definition) is 2. The van der Waals surface area contributed by atoms with Crippen LogP contribution in [0.5, 0.6) is 0 Å². The zero-order valence-electron chi connectivity index (χ0n) is 10.8. The molecule has 0 radical (unpaired) electrons. The summed E-state index contributed by atoms with van der Waals surface area (Å²) in [7, 11) is 0. The Balaban J connectivity index is 2.43. The molecular formula is C14H22O2. The van der Waals surface area contributed by atoms with E-state index < -0.39 is 0 Å². The number of ketones is 1. The first-order valence-corrected chi connectivity index (χ1v) is 6.33. The van der Waals surface area contributed by atoms with Crippen LogP contribution in [0.3, 0.4) is 0 Å². The van der Waals surface area contributed by atoms with Crippen molar-refractivity contribution >= 4 is 5.78 Å². The number of carbonyl (C=O) groups excluding carboxylic acids is 1. The summed E-state index contributed by atoms with van der Waals surface area (Å²) in [5, 5.41) is 10.2. The molecule has 1 saturated carbocycles. The summed E-state index contributed by atoms with van der Waals surface area (Å²) in [6, 6.07) is 0. The normalized spacial score (nSPS) is 35.9. The fourth-order valence-corrected chi connectivity index (χ4v) is 3.69. The van der Waals surface area contributed by atoms with E-state index in [0.717, 1.165) is 24.8 Å². The molecule has 0 aromatic rings. The largest absolute Gasteiger partial charge is 0.512 e. The fourth-order valence-electron chi connectivity index (χ4n) is 3.69. The number of Topliss-reactive ketones (excluding diaryl/α,β-unsaturated/α-hetero) is 1. The Bertz CT molecular complexity index is 365. The van der Waals surface area contributed by atoms with E-state index >= 15 is 0 Å². The second-order valence-electron chi connectivity index (χ2n) is 6.08. The second kappa shape index (κ2) is 3.35. The van der Waals surface area contributed by atoms with E-state index in [9.17, 15) is 9.90 Å². The van der Waals surface area contributed by atoms with Crippen molar-refractivity contribution in [3.63, 3.8) is 0 Å². The van der Waals surface area contributed by atoms with Gasteiger partial charge in [-0.1, -0.05) is 27.7 Å². The lowest BCUT2D eigenvalue weighted by Gasteiger charge is -2.36. The van der Waals surface area contributed by atoms with Crippen LogP contribution in [0.4, 0.5) is 0 Å². The third-order valence-electron chi connectivity index (χ3n) is 5.12. The summed E-state index contributed by atoms with van der Waals surface area (Å²) in [6.07, 6.45) is 3.49. The quantitative estimate of drug-likeness (QED) is 0.791. The van der Waals surface area contributed by atoms with Gasteiger partial charge in [0.25, 0.3) is 0 Å². The minimum absolute atomic E-state index is 0.0375. The van der Waals surface area contributed by atoms with Gasteiger partial charge in [-0.05, 0) is 24.7 Å². The molecule has 2 nitrogen and oxygen atoms in total. The maximum atomic E-state index is 12.1. The lowest BCUT2D eigenvalue weighted by Crippen LogP contribution is -2.32. The highest BCUT2D eigenvalue weighted by Crippen LogP contribution is 2.67. The van der Waals surface area contributed by atoms with E-state index in [1.807, 2.05) is 6.92 Å². The van der Waals surface area contributed by atoms with Crippen LogP contribution in [0, 0.1) is 16.7 Å². The molecular weight excluding hydrogens is 200 g/mol. The molecule has 2 bridgehead atoms. The van der Waals surface area contributed by atoms with Crippen LogP contribution in [-0.4, -0.2) is 10.9 Å². The Morgan fingerprint density at radius 1 is 1.44 bits per heavy atom. The van der Waals surface area contributed by atoms with Gasteiger partial charge in [0.1, 0.15) is 5.76 Å². The van der Waals surface area contributed by atoms with Crippen LogP contribution in [-0.2, 0) is 4.79 Å². The van der Waals surface area contributed by atoms with Crippen molar-refractivity contribution in [1.29, 1.82) is 0 Å². The van der Waals surface area contributed by atoms with Gasteiger partial charge in [0.2, 0.25) is 0 Å². The molecule has 2 unspecified atom stereocenters. The predicted molar refractivity (Wildman–Crippen MR) is 64.2 cm³/mol. The molecule has 0 amide bonds. The van der Waals surface area contributed by atoms with Crippen LogP contribution in [0.15, 0.2) is 11.3 Å². The van der Waals surface area contributed by atoms with E-state index in [-0.39, 0.29) is 22.5 Å². The number of allylic oxidation sites excluding steroid dienone is 2. The smallest absolute Gasteiger partial charge is 0.162 e. The molecule has 0 heterocycles. The van der Waals surface area contributed by atoms with Crippen molar-refractivity contribution < 1.29 is 9.90 Å². The molecule has 0 aliphatic heterocycles. The molecule has 0 aromatic heterocycles. The van der Waals surface area contributed by atoms with E-state index in [4.69, 9.17) is 0 Å². The lowest BCUT2D eigenvalue weighted by atomic mass is 9.66. The highest BCUT2D eigenvalue weighted by Gasteiger charge is 2.62. The van der Waals surface area contributed by atoms with Gasteiger partial charge in [-0.25, -0.2) is 0 Å². The van der Waals surface area contributed by atoms with Gasteiger partial charge in [-0.3, -0.25) is 4.79 Å². The maximum absolute atomic E-state index is 12.1. The molecule has 1 N–H and O–H groups in total. The van der Waals surface area contributed by atoms with Crippen molar-refractivity contribution in [3.05, 3.63) is 11.3 Å². The van der Waals surface area contributed by atoms with Gasteiger partial charge in [0.15, 0.2) is 5.78 Å². The number of aliphatic hydroxyl groups excluding tert-OH is 1. The standard InChI is InChI=1S/C14H22O2/c1-5-6-10(15)11-12(16)9-7-8-14(11,4)13(9,2)3/h9,16H,5-8H2,1-4H3. The first-order valence-electron chi connectivity index (χ1n) is 6.33. The van der Waals surface area contributed by atoms with Crippen molar-refractivity contribution in [3.8, 4) is 0 Å². The van der Waals surface area contributed by atoms with E-state index in [1.165, 1.54) is 0 Å². The molecule has 2 aliphatic rings. The lowest BCUT2D eigenvalue weighted by molar-refractivity contribution is -0.117. The molecule has 2 heteroatoms. The highest BCUT2D eigenvalue weighted by atomic mass is 16.3. The second-order valence-corrected chi connectivity index (χ2v) is 6.08. The topological polar surface area (TPSA) is 37.3 Å². The molecule has 16 heavy (non-hydrogen) atoms. The van der Waals surface area contributed by atoms with Crippen molar-refractivity contribution in [2.45, 2.75) is 53.4 Å². The predicted octanol–water partition coefficient (Wildman–Crippen LogP) is 3.62. The Morgan fingerprint density at radius 2 is 2.06 bits per heavy atom. The van der Waals surface area contributed by atoms with E-state index in [2.05, 4.69) is 20.8 Å². The van der Waals surface area contributed by atoms with Gasteiger partial charge < -0.3 is 5.11 Å². The summed E-state index contributed by atoms with van der Waals surface area (Å²) >= 11 is 0. The third-order valence-corrected chi connectivity index (χ3v) is 5.12. The first kappa shape index (κ1) is 11.7. The Hall–Kier alpha value is -0.790. The highest BCUT2D eigenvalue weighted by molar-refractivity contribution is 5.98. The Kier molecular flexibility index (Phi) is 2.45. The molecule has 90 valence electrons. The summed E-state index contributed by atoms with van der Waals surface area (Å²) < 4.78 is 0. The van der Waals surface area contributed by atoms with Crippen molar-refractivity contribution in [2.24, 2.45) is 16.7 Å². The average Bonchev–Trinajstić information content (AvgIpc) is 2.46. The van der Waals surface area contributed by atoms with Gasteiger partial charge in [0, 0.05) is 23.3 Å². The summed E-state index contributed by atoms with van der Waals surface area (Å²) in [5.74, 6) is 0.767. The summed E-state index contributed by atoms with van der Waals surface area (Å²) in [6.45, 7) is 8.54.